The van der Waals surface area contributed by atoms with Crippen molar-refractivity contribution in [1.29, 1.82) is 0 Å². The Morgan fingerprint density at radius 2 is 1.89 bits per heavy atom. The van der Waals surface area contributed by atoms with Gasteiger partial charge < -0.3 is 30.2 Å². The number of alkyl carbamates (subject to hydrolysis) is 1. The number of fused-ring (bicyclic) bond motifs is 3. The molecule has 0 fully saturated rings. The van der Waals surface area contributed by atoms with Gasteiger partial charge in [-0.05, 0) is 48.6 Å². The van der Waals surface area contributed by atoms with Gasteiger partial charge in [-0.15, -0.1) is 0 Å². The highest BCUT2D eigenvalue weighted by atomic mass is 35.5. The van der Waals surface area contributed by atoms with Crippen LogP contribution in [-0.2, 0) is 9.53 Å². The van der Waals surface area contributed by atoms with Gasteiger partial charge in [-0.2, -0.15) is 0 Å². The fourth-order valence-corrected chi connectivity index (χ4v) is 4.04. The van der Waals surface area contributed by atoms with Gasteiger partial charge in [-0.25, -0.2) is 9.78 Å². The summed E-state index contributed by atoms with van der Waals surface area (Å²) in [7, 11) is 2.90. The molecule has 37 heavy (non-hydrogen) atoms. The lowest BCUT2D eigenvalue weighted by molar-refractivity contribution is -0.121. The summed E-state index contributed by atoms with van der Waals surface area (Å²) in [5.41, 5.74) is 2.57. The predicted molar refractivity (Wildman–Crippen MR) is 141 cm³/mol. The number of aromatic amines is 2. The van der Waals surface area contributed by atoms with Crippen LogP contribution in [0, 0.1) is 0 Å². The number of carbonyl (C=O) groups excluding carboxylic acids is 2. The standard InChI is InChI=1S/C25H29ClN6O5/c1-35-19-14-16-15(12-17-22(16)31-32-24(17)30-18-6-3-8-28-23(18)26)13-20(19)37-11-5-10-27-21(33)7-4-9-29-25(34)36-2/h3,6,8,12-14,30-32H,4-5,7,9-11H2,1-2H3,(H,27,33)(H,29,34). The van der Waals surface area contributed by atoms with Crippen molar-refractivity contribution in [3.8, 4) is 22.8 Å². The fourth-order valence-electron chi connectivity index (χ4n) is 3.88. The summed E-state index contributed by atoms with van der Waals surface area (Å²) in [6, 6.07) is 9.58. The molecule has 2 aliphatic rings. The van der Waals surface area contributed by atoms with Gasteiger partial charge in [0.25, 0.3) is 0 Å². The Balaban J connectivity index is 1.32. The van der Waals surface area contributed by atoms with Crippen LogP contribution < -0.4 is 25.4 Å². The number of halogens is 1. The summed E-state index contributed by atoms with van der Waals surface area (Å²) in [6.45, 7) is 1.27. The Bertz CT molecular complexity index is 1340. The predicted octanol–water partition coefficient (Wildman–Crippen LogP) is 4.42. The van der Waals surface area contributed by atoms with Crippen molar-refractivity contribution in [1.82, 2.24) is 25.8 Å². The SMILES string of the molecule is COC(=O)NCCCC(=O)NCCCOc1cc2cc3c(Nc4cccnc4Cl)[nH][nH]c-3c2cc1OC. The molecule has 0 atom stereocenters. The molecular formula is C25H29ClN6O5. The Morgan fingerprint density at radius 3 is 2.68 bits per heavy atom. The molecule has 2 heterocycles. The maximum Gasteiger partial charge on any atom is 0.406 e. The van der Waals surface area contributed by atoms with E-state index in [-0.39, 0.29) is 5.91 Å². The van der Waals surface area contributed by atoms with Crippen molar-refractivity contribution in [3.63, 3.8) is 0 Å². The van der Waals surface area contributed by atoms with Gasteiger partial charge in [0.15, 0.2) is 16.7 Å². The molecular weight excluding hydrogens is 500 g/mol. The first-order chi connectivity index (χ1) is 18.0. The van der Waals surface area contributed by atoms with Gasteiger partial charge in [0.05, 0.1) is 32.2 Å². The van der Waals surface area contributed by atoms with Crippen LogP contribution in [0.4, 0.5) is 16.3 Å². The molecule has 1 aromatic heterocycles. The number of benzene rings is 1. The summed E-state index contributed by atoms with van der Waals surface area (Å²) >= 11 is 6.19. The number of pyridine rings is 1. The third-order valence-corrected chi connectivity index (χ3v) is 6.01. The zero-order chi connectivity index (χ0) is 26.2. The van der Waals surface area contributed by atoms with Crippen molar-refractivity contribution in [2.24, 2.45) is 0 Å². The number of aromatic nitrogens is 3. The van der Waals surface area contributed by atoms with Crippen LogP contribution in [0.15, 0.2) is 36.5 Å². The third-order valence-electron chi connectivity index (χ3n) is 5.71. The largest absolute Gasteiger partial charge is 0.493 e. The van der Waals surface area contributed by atoms with Crippen LogP contribution >= 0.6 is 11.6 Å². The number of carbonyl (C=O) groups is 2. The van der Waals surface area contributed by atoms with Crippen molar-refractivity contribution >= 4 is 45.9 Å². The lowest BCUT2D eigenvalue weighted by Crippen LogP contribution is -2.28. The Hall–Kier alpha value is -4.12. The van der Waals surface area contributed by atoms with Crippen molar-refractivity contribution in [2.45, 2.75) is 19.3 Å². The van der Waals surface area contributed by atoms with Crippen LogP contribution in [0.2, 0.25) is 5.15 Å². The molecule has 0 saturated carbocycles. The molecule has 0 bridgehead atoms. The number of amides is 2. The molecule has 5 N–H and O–H groups in total. The molecule has 2 aromatic rings. The number of methoxy groups -OCH3 is 2. The topological polar surface area (TPSA) is 142 Å². The second-order valence-electron chi connectivity index (χ2n) is 8.19. The summed E-state index contributed by atoms with van der Waals surface area (Å²) in [6.07, 6.45) is 2.61. The second-order valence-corrected chi connectivity index (χ2v) is 8.55. The van der Waals surface area contributed by atoms with E-state index in [4.69, 9.17) is 21.1 Å². The normalized spacial score (nSPS) is 10.9. The Morgan fingerprint density at radius 1 is 1.05 bits per heavy atom. The van der Waals surface area contributed by atoms with E-state index < -0.39 is 6.09 Å². The minimum absolute atomic E-state index is 0.0775. The van der Waals surface area contributed by atoms with Crippen molar-refractivity contribution in [3.05, 3.63) is 41.7 Å². The highest BCUT2D eigenvalue weighted by Crippen LogP contribution is 2.43. The molecule has 0 unspecified atom stereocenters. The number of rotatable bonds is 12. The summed E-state index contributed by atoms with van der Waals surface area (Å²) in [5.74, 6) is 1.92. The fraction of sp³-hybridized carbons (Fsp3) is 0.320. The highest BCUT2D eigenvalue weighted by Gasteiger charge is 2.20. The second kappa shape index (κ2) is 12.2. The van der Waals surface area contributed by atoms with E-state index in [2.05, 4.69) is 35.9 Å². The summed E-state index contributed by atoms with van der Waals surface area (Å²) < 4.78 is 16.0. The molecule has 11 nitrogen and oxygen atoms in total. The lowest BCUT2D eigenvalue weighted by atomic mass is 10.2. The van der Waals surface area contributed by atoms with Gasteiger partial charge in [0, 0.05) is 36.7 Å². The van der Waals surface area contributed by atoms with Gasteiger partial charge >= 0.3 is 6.09 Å². The van der Waals surface area contributed by atoms with Gasteiger partial charge in [0.1, 0.15) is 5.82 Å². The molecule has 2 amide bonds. The molecule has 0 saturated heterocycles. The maximum atomic E-state index is 11.9. The summed E-state index contributed by atoms with van der Waals surface area (Å²) in [4.78, 5) is 27.0. The maximum absolute atomic E-state index is 11.9. The molecule has 4 rings (SSSR count). The van der Waals surface area contributed by atoms with Gasteiger partial charge in [-0.3, -0.25) is 15.0 Å². The van der Waals surface area contributed by atoms with E-state index in [9.17, 15) is 9.59 Å². The van der Waals surface area contributed by atoms with E-state index in [0.29, 0.717) is 61.3 Å². The van der Waals surface area contributed by atoms with E-state index in [1.165, 1.54) is 7.11 Å². The first-order valence-electron chi connectivity index (χ1n) is 11.8. The van der Waals surface area contributed by atoms with E-state index in [1.807, 2.05) is 30.3 Å². The minimum atomic E-state index is -0.504. The number of hydrogen-bond acceptors (Lipinski definition) is 7. The van der Waals surface area contributed by atoms with Gasteiger partial charge in [0.2, 0.25) is 5.91 Å². The molecule has 196 valence electrons. The highest BCUT2D eigenvalue weighted by molar-refractivity contribution is 6.32. The lowest BCUT2D eigenvalue weighted by Gasteiger charge is -2.12. The van der Waals surface area contributed by atoms with Crippen molar-refractivity contribution < 1.29 is 23.8 Å². The molecule has 0 spiro atoms. The Labute approximate surface area is 218 Å². The molecule has 1 aliphatic heterocycles. The third kappa shape index (κ3) is 6.36. The minimum Gasteiger partial charge on any atom is -0.493 e. The van der Waals surface area contributed by atoms with Crippen LogP contribution in [0.25, 0.3) is 22.0 Å². The molecule has 12 heteroatoms. The van der Waals surface area contributed by atoms with Gasteiger partial charge in [-0.1, -0.05) is 11.6 Å². The average molecular weight is 529 g/mol. The van der Waals surface area contributed by atoms with Crippen LogP contribution in [0.1, 0.15) is 19.3 Å². The Kier molecular flexibility index (Phi) is 8.57. The smallest absolute Gasteiger partial charge is 0.406 e. The van der Waals surface area contributed by atoms with Crippen LogP contribution in [0.5, 0.6) is 11.5 Å². The number of nitrogens with zero attached hydrogens (tertiary/aromatic N) is 1. The van der Waals surface area contributed by atoms with Crippen LogP contribution in [-0.4, -0.2) is 61.1 Å². The first-order valence-corrected chi connectivity index (χ1v) is 12.2. The monoisotopic (exact) mass is 528 g/mol. The van der Waals surface area contributed by atoms with Crippen molar-refractivity contribution in [2.75, 3.05) is 39.2 Å². The van der Waals surface area contributed by atoms with E-state index in [0.717, 1.165) is 27.8 Å². The quantitative estimate of drug-likeness (QED) is 0.135. The van der Waals surface area contributed by atoms with E-state index >= 15 is 0 Å². The zero-order valence-electron chi connectivity index (χ0n) is 20.6. The number of hydrogen-bond donors (Lipinski definition) is 5. The number of nitrogens with one attached hydrogen (secondary N) is 5. The number of H-pyrrole nitrogens is 2. The average Bonchev–Trinajstić information content (AvgIpc) is 3.46. The molecule has 1 aromatic carbocycles. The van der Waals surface area contributed by atoms with Crippen LogP contribution in [0.3, 0.4) is 0 Å². The number of ether oxygens (including phenoxy) is 3. The van der Waals surface area contributed by atoms with E-state index in [1.54, 1.807) is 13.3 Å². The molecule has 1 aliphatic carbocycles. The molecule has 0 radical (unpaired) electrons. The summed E-state index contributed by atoms with van der Waals surface area (Å²) in [5, 5.41) is 17.4. The first kappa shape index (κ1) is 26.0. The number of anilines is 2. The zero-order valence-corrected chi connectivity index (χ0v) is 21.3.